The number of piperazine rings is 1. The number of amides is 1. The van der Waals surface area contributed by atoms with Gasteiger partial charge in [-0.15, -0.1) is 0 Å². The van der Waals surface area contributed by atoms with E-state index in [1.807, 2.05) is 11.8 Å². The van der Waals surface area contributed by atoms with Crippen LogP contribution in [0.1, 0.15) is 34.3 Å². The number of aromatic hydroxyl groups is 1. The summed E-state index contributed by atoms with van der Waals surface area (Å²) in [5.74, 6) is 0.131. The van der Waals surface area contributed by atoms with Crippen LogP contribution in [0.5, 0.6) is 5.75 Å². The number of phenols is 1. The van der Waals surface area contributed by atoms with E-state index in [0.29, 0.717) is 38.3 Å². The molecule has 10 heteroatoms. The van der Waals surface area contributed by atoms with Gasteiger partial charge in [-0.05, 0) is 36.2 Å². The number of aromatic nitrogens is 2. The Morgan fingerprint density at radius 1 is 1.12 bits per heavy atom. The van der Waals surface area contributed by atoms with Gasteiger partial charge >= 0.3 is 6.18 Å². The van der Waals surface area contributed by atoms with Gasteiger partial charge in [-0.25, -0.2) is 0 Å². The van der Waals surface area contributed by atoms with Crippen molar-refractivity contribution in [1.29, 1.82) is 0 Å². The number of carbonyl (C=O) groups excluding carboxylic acids is 1. The van der Waals surface area contributed by atoms with Crippen molar-refractivity contribution in [2.45, 2.75) is 26.1 Å². The number of halogens is 3. The van der Waals surface area contributed by atoms with Gasteiger partial charge in [-0.3, -0.25) is 9.69 Å². The molecule has 1 aliphatic heterocycles. The van der Waals surface area contributed by atoms with E-state index in [0.717, 1.165) is 24.1 Å². The number of hydrogen-bond acceptors (Lipinski definition) is 6. The number of nitrogens with zero attached hydrogens (tertiary/aromatic N) is 4. The molecule has 2 aromatic carbocycles. The highest BCUT2D eigenvalue weighted by Gasteiger charge is 2.31. The van der Waals surface area contributed by atoms with Gasteiger partial charge in [0.1, 0.15) is 5.75 Å². The molecule has 4 rings (SSSR count). The Kier molecular flexibility index (Phi) is 6.37. The zero-order chi connectivity index (χ0) is 23.6. The number of phenolic OH excluding ortho intramolecular Hbond substituents is 1. The van der Waals surface area contributed by atoms with Crippen LogP contribution in [0.3, 0.4) is 0 Å². The van der Waals surface area contributed by atoms with Gasteiger partial charge in [-0.1, -0.05) is 30.3 Å². The third-order valence-electron chi connectivity index (χ3n) is 5.63. The van der Waals surface area contributed by atoms with Crippen LogP contribution >= 0.6 is 0 Å². The second-order valence-corrected chi connectivity index (χ2v) is 7.86. The van der Waals surface area contributed by atoms with Crippen molar-refractivity contribution in [1.82, 2.24) is 19.9 Å². The minimum Gasteiger partial charge on any atom is -0.507 e. The first kappa shape index (κ1) is 22.8. The molecule has 0 unspecified atom stereocenters. The number of alkyl halides is 3. The number of benzene rings is 2. The Balaban J connectivity index is 1.37. The third-order valence-corrected chi connectivity index (χ3v) is 5.63. The molecule has 7 nitrogen and oxygen atoms in total. The standard InChI is InChI=1S/C23H23F3N4O3/c1-2-15-6-7-19(31)18(12-15)22(32)30-10-8-29(9-11-30)14-20-27-21(28-33-20)16-4-3-5-17(13-16)23(24,25)26/h3-7,12-13,31H,2,8-11,14H2,1H3. The normalized spacial score (nSPS) is 15.1. The predicted octanol–water partition coefficient (Wildman–Crippen LogP) is 3.98. The van der Waals surface area contributed by atoms with Crippen LogP contribution in [0.25, 0.3) is 11.4 Å². The summed E-state index contributed by atoms with van der Waals surface area (Å²) in [5, 5.41) is 13.9. The second-order valence-electron chi connectivity index (χ2n) is 7.86. The van der Waals surface area contributed by atoms with Crippen molar-refractivity contribution in [3.05, 3.63) is 65.0 Å². The van der Waals surface area contributed by atoms with E-state index < -0.39 is 11.7 Å². The molecule has 3 aromatic rings. The summed E-state index contributed by atoms with van der Waals surface area (Å²) in [4.78, 5) is 20.8. The highest BCUT2D eigenvalue weighted by molar-refractivity contribution is 5.97. The minimum absolute atomic E-state index is 0.0346. The van der Waals surface area contributed by atoms with E-state index in [4.69, 9.17) is 4.52 Å². The molecular weight excluding hydrogens is 437 g/mol. The van der Waals surface area contributed by atoms with Crippen LogP contribution < -0.4 is 0 Å². The van der Waals surface area contributed by atoms with Gasteiger partial charge in [0.15, 0.2) is 0 Å². The van der Waals surface area contributed by atoms with E-state index in [-0.39, 0.29) is 28.9 Å². The summed E-state index contributed by atoms with van der Waals surface area (Å²) in [6.07, 6.45) is -3.69. The summed E-state index contributed by atoms with van der Waals surface area (Å²) in [6.45, 7) is 4.34. The van der Waals surface area contributed by atoms with Crippen LogP contribution in [-0.4, -0.2) is 57.1 Å². The highest BCUT2D eigenvalue weighted by Crippen LogP contribution is 2.31. The van der Waals surface area contributed by atoms with E-state index in [2.05, 4.69) is 10.1 Å². The van der Waals surface area contributed by atoms with Crippen molar-refractivity contribution >= 4 is 5.91 Å². The fourth-order valence-electron chi connectivity index (χ4n) is 3.72. The van der Waals surface area contributed by atoms with Crippen LogP contribution in [0.15, 0.2) is 47.0 Å². The zero-order valence-electron chi connectivity index (χ0n) is 18.0. The summed E-state index contributed by atoms with van der Waals surface area (Å²) >= 11 is 0. The Hall–Kier alpha value is -3.40. The molecule has 1 aliphatic rings. The summed E-state index contributed by atoms with van der Waals surface area (Å²) < 4.78 is 44.1. The molecule has 1 aromatic heterocycles. The maximum Gasteiger partial charge on any atom is 0.416 e. The van der Waals surface area contributed by atoms with E-state index in [1.54, 1.807) is 23.1 Å². The Labute approximate surface area is 188 Å². The lowest BCUT2D eigenvalue weighted by Crippen LogP contribution is -2.48. The van der Waals surface area contributed by atoms with E-state index in [1.165, 1.54) is 12.1 Å². The smallest absolute Gasteiger partial charge is 0.416 e. The Morgan fingerprint density at radius 3 is 2.58 bits per heavy atom. The molecule has 0 atom stereocenters. The topological polar surface area (TPSA) is 82.7 Å². The quantitative estimate of drug-likeness (QED) is 0.620. The van der Waals surface area contributed by atoms with Gasteiger partial charge in [0, 0.05) is 31.7 Å². The van der Waals surface area contributed by atoms with Gasteiger partial charge in [0.05, 0.1) is 17.7 Å². The van der Waals surface area contributed by atoms with E-state index in [9.17, 15) is 23.1 Å². The van der Waals surface area contributed by atoms with Crippen molar-refractivity contribution in [2.75, 3.05) is 26.2 Å². The number of aryl methyl sites for hydroxylation is 1. The Bertz CT molecular complexity index is 1140. The van der Waals surface area contributed by atoms with Crippen LogP contribution in [0.4, 0.5) is 13.2 Å². The van der Waals surface area contributed by atoms with Crippen molar-refractivity contribution in [2.24, 2.45) is 0 Å². The monoisotopic (exact) mass is 460 g/mol. The molecule has 0 radical (unpaired) electrons. The van der Waals surface area contributed by atoms with Gasteiger partial charge in [-0.2, -0.15) is 18.2 Å². The first-order valence-electron chi connectivity index (χ1n) is 10.6. The molecule has 1 fully saturated rings. The van der Waals surface area contributed by atoms with Crippen molar-refractivity contribution in [3.8, 4) is 17.1 Å². The lowest BCUT2D eigenvalue weighted by Gasteiger charge is -2.34. The third kappa shape index (κ3) is 5.16. The van der Waals surface area contributed by atoms with E-state index >= 15 is 0 Å². The predicted molar refractivity (Wildman–Crippen MR) is 113 cm³/mol. The lowest BCUT2D eigenvalue weighted by atomic mass is 10.1. The fraction of sp³-hybridized carbons (Fsp3) is 0.348. The van der Waals surface area contributed by atoms with Gasteiger partial charge in [0.2, 0.25) is 11.7 Å². The second kappa shape index (κ2) is 9.22. The summed E-state index contributed by atoms with van der Waals surface area (Å²) in [5.41, 5.74) is 0.722. The number of rotatable bonds is 5. The maximum atomic E-state index is 12.9. The maximum absolute atomic E-state index is 12.9. The summed E-state index contributed by atoms with van der Waals surface area (Å²) in [6, 6.07) is 9.83. The molecule has 0 saturated carbocycles. The van der Waals surface area contributed by atoms with Crippen LogP contribution in [0, 0.1) is 0 Å². The molecule has 2 heterocycles. The molecular formula is C23H23F3N4O3. The number of carbonyl (C=O) groups is 1. The first-order chi connectivity index (χ1) is 15.7. The average molecular weight is 460 g/mol. The highest BCUT2D eigenvalue weighted by atomic mass is 19.4. The SMILES string of the molecule is CCc1ccc(O)c(C(=O)N2CCN(Cc3nc(-c4cccc(C(F)(F)F)c4)no3)CC2)c1. The van der Waals surface area contributed by atoms with Crippen LogP contribution in [-0.2, 0) is 19.1 Å². The minimum atomic E-state index is -4.45. The summed E-state index contributed by atoms with van der Waals surface area (Å²) in [7, 11) is 0. The molecule has 0 aliphatic carbocycles. The van der Waals surface area contributed by atoms with Crippen molar-refractivity contribution in [3.63, 3.8) is 0 Å². The van der Waals surface area contributed by atoms with Crippen LogP contribution in [0.2, 0.25) is 0 Å². The van der Waals surface area contributed by atoms with Gasteiger partial charge < -0.3 is 14.5 Å². The fourth-order valence-corrected chi connectivity index (χ4v) is 3.72. The molecule has 174 valence electrons. The molecule has 0 bridgehead atoms. The zero-order valence-corrected chi connectivity index (χ0v) is 18.0. The molecule has 0 spiro atoms. The first-order valence-corrected chi connectivity index (χ1v) is 10.6. The molecule has 33 heavy (non-hydrogen) atoms. The lowest BCUT2D eigenvalue weighted by molar-refractivity contribution is -0.137. The average Bonchev–Trinajstić information content (AvgIpc) is 3.27. The largest absolute Gasteiger partial charge is 0.507 e. The Morgan fingerprint density at radius 2 is 1.88 bits per heavy atom. The van der Waals surface area contributed by atoms with Gasteiger partial charge in [0.25, 0.3) is 5.91 Å². The molecule has 1 amide bonds. The molecule has 1 N–H and O–H groups in total. The number of hydrogen-bond donors (Lipinski definition) is 1. The molecule has 1 saturated heterocycles. The van der Waals surface area contributed by atoms with Crippen molar-refractivity contribution < 1.29 is 27.6 Å².